The van der Waals surface area contributed by atoms with Crippen LogP contribution in [0.5, 0.6) is 5.75 Å². The molecule has 0 amide bonds. The van der Waals surface area contributed by atoms with Gasteiger partial charge >= 0.3 is 5.97 Å². The Morgan fingerprint density at radius 2 is 1.96 bits per heavy atom. The molecule has 6 nitrogen and oxygen atoms in total. The number of hydrogen-bond acceptors (Lipinski definition) is 6. The van der Waals surface area contributed by atoms with E-state index in [0.717, 1.165) is 0 Å². The van der Waals surface area contributed by atoms with Crippen LogP contribution in [-0.2, 0) is 0 Å². The zero-order valence-electron chi connectivity index (χ0n) is 13.7. The van der Waals surface area contributed by atoms with Gasteiger partial charge in [0.2, 0.25) is 0 Å². The van der Waals surface area contributed by atoms with Crippen molar-refractivity contribution in [2.24, 2.45) is 5.10 Å². The lowest BCUT2D eigenvalue weighted by Crippen LogP contribution is -2.03. The standard InChI is InChI=1S/C15H14N2O4S.C2H6/c1-21-11-6-7-13(12(8-11)15(18)19)17-16-9-10-4-2-3-5-14(10)22-20;1-2/h2-9,17,20H,1H3,(H,18,19);1-2H3/b16-9-;. The van der Waals surface area contributed by atoms with Gasteiger partial charge < -0.3 is 14.4 Å². The third-order valence-electron chi connectivity index (χ3n) is 2.86. The van der Waals surface area contributed by atoms with Gasteiger partial charge in [0.05, 0.1) is 24.6 Å². The molecule has 7 heteroatoms. The van der Waals surface area contributed by atoms with E-state index in [1.54, 1.807) is 30.3 Å². The number of carboxylic acids is 1. The van der Waals surface area contributed by atoms with Crippen molar-refractivity contribution in [1.82, 2.24) is 0 Å². The molecule has 0 atom stereocenters. The summed E-state index contributed by atoms with van der Waals surface area (Å²) in [6, 6.07) is 11.8. The van der Waals surface area contributed by atoms with Crippen molar-refractivity contribution in [3.63, 3.8) is 0 Å². The van der Waals surface area contributed by atoms with E-state index in [4.69, 9.17) is 9.29 Å². The average molecular weight is 348 g/mol. The van der Waals surface area contributed by atoms with Gasteiger partial charge in [-0.3, -0.25) is 5.43 Å². The van der Waals surface area contributed by atoms with Crippen molar-refractivity contribution in [2.75, 3.05) is 12.5 Å². The Morgan fingerprint density at radius 3 is 2.58 bits per heavy atom. The van der Waals surface area contributed by atoms with Crippen LogP contribution in [0, 0.1) is 0 Å². The average Bonchev–Trinajstić information content (AvgIpc) is 2.63. The minimum Gasteiger partial charge on any atom is -0.497 e. The SMILES string of the molecule is CC.COc1ccc(N/N=C\c2ccccc2SO)c(C(=O)O)c1. The lowest BCUT2D eigenvalue weighted by atomic mass is 10.1. The Morgan fingerprint density at radius 1 is 1.25 bits per heavy atom. The highest BCUT2D eigenvalue weighted by Gasteiger charge is 2.11. The van der Waals surface area contributed by atoms with Gasteiger partial charge in [0.25, 0.3) is 0 Å². The molecule has 0 radical (unpaired) electrons. The number of nitrogens with zero attached hydrogens (tertiary/aromatic N) is 1. The number of hydrazone groups is 1. The van der Waals surface area contributed by atoms with Crippen molar-refractivity contribution in [2.45, 2.75) is 18.7 Å². The van der Waals surface area contributed by atoms with Gasteiger partial charge in [-0.2, -0.15) is 5.10 Å². The van der Waals surface area contributed by atoms with Crippen LogP contribution in [0.3, 0.4) is 0 Å². The molecule has 0 bridgehead atoms. The summed E-state index contributed by atoms with van der Waals surface area (Å²) in [6.45, 7) is 4.00. The van der Waals surface area contributed by atoms with Crippen LogP contribution in [0.2, 0.25) is 0 Å². The third kappa shape index (κ3) is 5.29. The maximum Gasteiger partial charge on any atom is 0.338 e. The van der Waals surface area contributed by atoms with Crippen molar-refractivity contribution in [1.29, 1.82) is 0 Å². The highest BCUT2D eigenvalue weighted by atomic mass is 32.2. The van der Waals surface area contributed by atoms with Gasteiger partial charge in [0, 0.05) is 22.5 Å². The Hall–Kier alpha value is -2.51. The number of hydrogen-bond donors (Lipinski definition) is 3. The molecule has 3 N–H and O–H groups in total. The van der Waals surface area contributed by atoms with Crippen LogP contribution in [-0.4, -0.2) is 29.0 Å². The molecule has 2 rings (SSSR count). The van der Waals surface area contributed by atoms with Crippen molar-refractivity contribution >= 4 is 29.9 Å². The first-order valence-electron chi connectivity index (χ1n) is 7.26. The molecule has 0 heterocycles. The van der Waals surface area contributed by atoms with E-state index in [1.807, 2.05) is 19.9 Å². The van der Waals surface area contributed by atoms with Crippen molar-refractivity contribution in [3.8, 4) is 5.75 Å². The number of carboxylic acid groups (broad SMARTS) is 1. The quantitative estimate of drug-likeness (QED) is 0.406. The number of anilines is 1. The lowest BCUT2D eigenvalue weighted by molar-refractivity contribution is 0.0697. The maximum atomic E-state index is 11.2. The fourth-order valence-electron chi connectivity index (χ4n) is 1.77. The second-order valence-corrected chi connectivity index (χ2v) is 4.84. The molecule has 0 aliphatic heterocycles. The minimum atomic E-state index is -1.08. The molecule has 0 unspecified atom stereocenters. The van der Waals surface area contributed by atoms with Gasteiger partial charge in [0.15, 0.2) is 0 Å². The molecule has 0 aliphatic carbocycles. The normalized spacial score (nSPS) is 10.0. The Kier molecular flexibility index (Phi) is 8.38. The second-order valence-electron chi connectivity index (χ2n) is 4.22. The van der Waals surface area contributed by atoms with Crippen molar-refractivity contribution in [3.05, 3.63) is 53.6 Å². The van der Waals surface area contributed by atoms with Gasteiger partial charge in [-0.15, -0.1) is 0 Å². The molecule has 2 aromatic rings. The predicted octanol–water partition coefficient (Wildman–Crippen LogP) is 4.43. The largest absolute Gasteiger partial charge is 0.497 e. The number of rotatable bonds is 6. The third-order valence-corrected chi connectivity index (χ3v) is 3.43. The van der Waals surface area contributed by atoms with Crippen LogP contribution < -0.4 is 10.2 Å². The van der Waals surface area contributed by atoms with E-state index in [-0.39, 0.29) is 5.56 Å². The summed E-state index contributed by atoms with van der Waals surface area (Å²) in [5.74, 6) is -0.628. The van der Waals surface area contributed by atoms with Gasteiger partial charge in [-0.1, -0.05) is 32.0 Å². The molecule has 0 saturated carbocycles. The van der Waals surface area contributed by atoms with Crippen LogP contribution in [0.1, 0.15) is 29.8 Å². The number of aromatic carboxylic acids is 1. The predicted molar refractivity (Wildman–Crippen MR) is 97.4 cm³/mol. The van der Waals surface area contributed by atoms with Crippen LogP contribution in [0.15, 0.2) is 52.5 Å². The first-order valence-corrected chi connectivity index (χ1v) is 8.04. The molecular weight excluding hydrogens is 328 g/mol. The van der Waals surface area contributed by atoms with Crippen LogP contribution in [0.25, 0.3) is 0 Å². The summed E-state index contributed by atoms with van der Waals surface area (Å²) in [4.78, 5) is 11.9. The summed E-state index contributed by atoms with van der Waals surface area (Å²) in [7, 11) is 1.47. The highest BCUT2D eigenvalue weighted by molar-refractivity contribution is 7.93. The summed E-state index contributed by atoms with van der Waals surface area (Å²) >= 11 is 0.625. The Bertz CT molecular complexity index is 705. The van der Waals surface area contributed by atoms with E-state index >= 15 is 0 Å². The second kappa shape index (κ2) is 10.3. The summed E-state index contributed by atoms with van der Waals surface area (Å²) in [5, 5.41) is 13.2. The van der Waals surface area contributed by atoms with E-state index in [1.165, 1.54) is 19.4 Å². The number of methoxy groups -OCH3 is 1. The fourth-order valence-corrected chi connectivity index (χ4v) is 2.13. The molecule has 24 heavy (non-hydrogen) atoms. The first kappa shape index (κ1) is 19.5. The van der Waals surface area contributed by atoms with Gasteiger partial charge in [-0.05, 0) is 24.3 Å². The zero-order chi connectivity index (χ0) is 17.9. The summed E-state index contributed by atoms with van der Waals surface area (Å²) < 4.78 is 14.2. The molecule has 0 aliphatic rings. The molecule has 0 spiro atoms. The molecule has 0 saturated heterocycles. The zero-order valence-corrected chi connectivity index (χ0v) is 14.5. The fraction of sp³-hybridized carbons (Fsp3) is 0.176. The molecule has 128 valence electrons. The van der Waals surface area contributed by atoms with Crippen LogP contribution >= 0.6 is 12.0 Å². The Balaban J connectivity index is 0.00000139. The first-order chi connectivity index (χ1) is 11.7. The van der Waals surface area contributed by atoms with Gasteiger partial charge in [0.1, 0.15) is 5.75 Å². The maximum absolute atomic E-state index is 11.2. The lowest BCUT2D eigenvalue weighted by Gasteiger charge is -2.07. The van der Waals surface area contributed by atoms with E-state index in [9.17, 15) is 9.90 Å². The monoisotopic (exact) mass is 348 g/mol. The Labute approximate surface area is 145 Å². The molecular formula is C17H20N2O4S. The summed E-state index contributed by atoms with van der Waals surface area (Å²) in [6.07, 6.45) is 1.51. The number of nitrogens with one attached hydrogen (secondary N) is 1. The van der Waals surface area contributed by atoms with E-state index in [2.05, 4.69) is 10.5 Å². The number of ether oxygens (including phenoxy) is 1. The van der Waals surface area contributed by atoms with Crippen LogP contribution in [0.4, 0.5) is 5.69 Å². The van der Waals surface area contributed by atoms with E-state index < -0.39 is 5.97 Å². The molecule has 0 aromatic heterocycles. The van der Waals surface area contributed by atoms with Gasteiger partial charge in [-0.25, -0.2) is 4.79 Å². The highest BCUT2D eigenvalue weighted by Crippen LogP contribution is 2.22. The summed E-state index contributed by atoms with van der Waals surface area (Å²) in [5.41, 5.74) is 3.81. The minimum absolute atomic E-state index is 0.0568. The number of carbonyl (C=O) groups is 1. The molecule has 2 aromatic carbocycles. The number of benzene rings is 2. The molecule has 0 fully saturated rings. The van der Waals surface area contributed by atoms with Crippen molar-refractivity contribution < 1.29 is 19.2 Å². The smallest absolute Gasteiger partial charge is 0.338 e. The van der Waals surface area contributed by atoms with E-state index in [0.29, 0.717) is 33.9 Å². The topological polar surface area (TPSA) is 91.1 Å².